The Balaban J connectivity index is 1.56. The molecule has 0 aromatic heterocycles. The molecule has 28 heavy (non-hydrogen) atoms. The van der Waals surface area contributed by atoms with Gasteiger partial charge in [0.25, 0.3) is 5.91 Å². The van der Waals surface area contributed by atoms with Gasteiger partial charge in [0, 0.05) is 35.3 Å². The van der Waals surface area contributed by atoms with Crippen LogP contribution in [0.4, 0.5) is 5.69 Å². The number of anilines is 1. The Morgan fingerprint density at radius 3 is 2.21 bits per heavy atom. The van der Waals surface area contributed by atoms with Crippen LogP contribution in [-0.2, 0) is 4.79 Å². The molecule has 0 aliphatic carbocycles. The third-order valence-corrected chi connectivity index (χ3v) is 5.30. The number of primary amides is 1. The number of benzene rings is 2. The van der Waals surface area contributed by atoms with Crippen LogP contribution in [0.3, 0.4) is 0 Å². The van der Waals surface area contributed by atoms with E-state index in [1.807, 2.05) is 0 Å². The maximum atomic E-state index is 12.6. The topological polar surface area (TPSA) is 92.5 Å². The van der Waals surface area contributed by atoms with Gasteiger partial charge in [-0.25, -0.2) is 0 Å². The lowest BCUT2D eigenvalue weighted by Gasteiger charge is -2.31. The van der Waals surface area contributed by atoms with E-state index in [1.165, 1.54) is 0 Å². The highest BCUT2D eigenvalue weighted by atomic mass is 35.5. The minimum atomic E-state index is -0.518. The van der Waals surface area contributed by atoms with E-state index in [1.54, 1.807) is 47.4 Å². The van der Waals surface area contributed by atoms with Crippen molar-refractivity contribution < 1.29 is 14.4 Å². The number of amides is 3. The van der Waals surface area contributed by atoms with E-state index in [0.717, 1.165) is 0 Å². The highest BCUT2D eigenvalue weighted by Gasteiger charge is 2.28. The first-order chi connectivity index (χ1) is 13.3. The zero-order valence-electron chi connectivity index (χ0n) is 15.0. The molecule has 1 heterocycles. The van der Waals surface area contributed by atoms with Crippen molar-refractivity contribution in [2.75, 3.05) is 18.4 Å². The summed E-state index contributed by atoms with van der Waals surface area (Å²) >= 11 is 12.0. The minimum Gasteiger partial charge on any atom is -0.366 e. The lowest BCUT2D eigenvalue weighted by molar-refractivity contribution is -0.121. The number of halogens is 2. The minimum absolute atomic E-state index is 0.108. The quantitative estimate of drug-likeness (QED) is 0.792. The lowest BCUT2D eigenvalue weighted by Crippen LogP contribution is -2.41. The smallest absolute Gasteiger partial charge is 0.255 e. The number of carbonyl (C=O) groups is 3. The van der Waals surface area contributed by atoms with Gasteiger partial charge in [0.05, 0.1) is 10.6 Å². The molecule has 2 aromatic carbocycles. The monoisotopic (exact) mass is 419 g/mol. The van der Waals surface area contributed by atoms with Crippen molar-refractivity contribution in [3.8, 4) is 0 Å². The van der Waals surface area contributed by atoms with Crippen molar-refractivity contribution >= 4 is 46.6 Å². The molecule has 8 heteroatoms. The average Bonchev–Trinajstić information content (AvgIpc) is 2.68. The Hall–Kier alpha value is -2.57. The molecular formula is C20H19Cl2N3O3. The van der Waals surface area contributed by atoms with Gasteiger partial charge in [-0.05, 0) is 55.3 Å². The Bertz CT molecular complexity index is 907. The van der Waals surface area contributed by atoms with Crippen LogP contribution in [0, 0.1) is 5.92 Å². The van der Waals surface area contributed by atoms with E-state index in [4.69, 9.17) is 28.9 Å². The lowest BCUT2D eigenvalue weighted by atomic mass is 9.95. The number of piperidine rings is 1. The van der Waals surface area contributed by atoms with E-state index >= 15 is 0 Å². The second-order valence-electron chi connectivity index (χ2n) is 6.62. The number of nitrogens with one attached hydrogen (secondary N) is 1. The number of nitrogens with zero attached hydrogens (tertiary/aromatic N) is 1. The van der Waals surface area contributed by atoms with Crippen LogP contribution in [-0.4, -0.2) is 35.7 Å². The third-order valence-electron chi connectivity index (χ3n) is 4.75. The van der Waals surface area contributed by atoms with Crippen molar-refractivity contribution in [2.24, 2.45) is 11.7 Å². The number of hydrogen-bond donors (Lipinski definition) is 2. The molecule has 0 spiro atoms. The summed E-state index contributed by atoms with van der Waals surface area (Å²) in [6, 6.07) is 11.2. The van der Waals surface area contributed by atoms with Crippen LogP contribution in [0.15, 0.2) is 42.5 Å². The van der Waals surface area contributed by atoms with Crippen LogP contribution in [0.25, 0.3) is 0 Å². The van der Waals surface area contributed by atoms with Gasteiger partial charge in [0.15, 0.2) is 0 Å². The summed E-state index contributed by atoms with van der Waals surface area (Å²) in [6.07, 6.45) is 1.12. The van der Waals surface area contributed by atoms with Gasteiger partial charge < -0.3 is 16.0 Å². The van der Waals surface area contributed by atoms with Crippen molar-refractivity contribution in [1.82, 2.24) is 4.90 Å². The predicted octanol–water partition coefficient (Wildman–Crippen LogP) is 3.58. The summed E-state index contributed by atoms with van der Waals surface area (Å²) in [4.78, 5) is 37.9. The van der Waals surface area contributed by atoms with Crippen molar-refractivity contribution in [3.63, 3.8) is 0 Å². The molecule has 3 rings (SSSR count). The van der Waals surface area contributed by atoms with E-state index in [-0.39, 0.29) is 17.7 Å². The molecule has 1 aliphatic heterocycles. The van der Waals surface area contributed by atoms with E-state index < -0.39 is 5.91 Å². The number of nitrogens with two attached hydrogens (primary N) is 1. The largest absolute Gasteiger partial charge is 0.366 e. The van der Waals surface area contributed by atoms with Gasteiger partial charge in [0.2, 0.25) is 11.8 Å². The number of likely N-dealkylation sites (tertiary alicyclic amines) is 1. The fourth-order valence-corrected chi connectivity index (χ4v) is 3.63. The average molecular weight is 420 g/mol. The zero-order valence-corrected chi connectivity index (χ0v) is 16.5. The summed E-state index contributed by atoms with van der Waals surface area (Å²) in [7, 11) is 0. The number of rotatable bonds is 4. The third kappa shape index (κ3) is 4.64. The summed E-state index contributed by atoms with van der Waals surface area (Å²) in [6.45, 7) is 0.937. The molecule has 146 valence electrons. The second-order valence-corrected chi connectivity index (χ2v) is 7.47. The molecule has 0 radical (unpaired) electrons. The number of hydrogen-bond acceptors (Lipinski definition) is 3. The summed E-state index contributed by atoms with van der Waals surface area (Å²) in [5.41, 5.74) is 6.59. The SMILES string of the molecule is NC(=O)c1ccc(NC(=O)C2CCN(C(=O)c3ccc(Cl)cc3Cl)CC2)cc1. The molecule has 3 amide bonds. The van der Waals surface area contributed by atoms with Crippen LogP contribution in [0.1, 0.15) is 33.6 Å². The highest BCUT2D eigenvalue weighted by Crippen LogP contribution is 2.25. The molecular weight excluding hydrogens is 401 g/mol. The summed E-state index contributed by atoms with van der Waals surface area (Å²) < 4.78 is 0. The molecule has 0 bridgehead atoms. The van der Waals surface area contributed by atoms with Gasteiger partial charge in [0.1, 0.15) is 0 Å². The van der Waals surface area contributed by atoms with Crippen LogP contribution in [0.5, 0.6) is 0 Å². The summed E-state index contributed by atoms with van der Waals surface area (Å²) in [5.74, 6) is -0.984. The van der Waals surface area contributed by atoms with Crippen LogP contribution in [0.2, 0.25) is 10.0 Å². The maximum absolute atomic E-state index is 12.6. The zero-order chi connectivity index (χ0) is 20.3. The molecule has 1 fully saturated rings. The first kappa shape index (κ1) is 20.2. The van der Waals surface area contributed by atoms with E-state index in [9.17, 15) is 14.4 Å². The van der Waals surface area contributed by atoms with Gasteiger partial charge in [-0.1, -0.05) is 23.2 Å². The highest BCUT2D eigenvalue weighted by molar-refractivity contribution is 6.36. The standard InChI is InChI=1S/C20H19Cl2N3O3/c21-14-3-6-16(17(22)11-14)20(28)25-9-7-13(8-10-25)19(27)24-15-4-1-12(2-5-15)18(23)26/h1-6,11,13H,7-10H2,(H2,23,26)(H,24,27). The molecule has 0 atom stereocenters. The molecule has 1 saturated heterocycles. The normalized spacial score (nSPS) is 14.6. The molecule has 2 aromatic rings. The van der Waals surface area contributed by atoms with Gasteiger partial charge in [-0.15, -0.1) is 0 Å². The Morgan fingerprint density at radius 2 is 1.64 bits per heavy atom. The van der Waals surface area contributed by atoms with E-state index in [2.05, 4.69) is 5.32 Å². The Kier molecular flexibility index (Phi) is 6.21. The van der Waals surface area contributed by atoms with Crippen molar-refractivity contribution in [2.45, 2.75) is 12.8 Å². The van der Waals surface area contributed by atoms with Gasteiger partial charge in [-0.2, -0.15) is 0 Å². The predicted molar refractivity (Wildman–Crippen MR) is 109 cm³/mol. The molecule has 3 N–H and O–H groups in total. The first-order valence-corrected chi connectivity index (χ1v) is 9.56. The molecule has 0 saturated carbocycles. The second kappa shape index (κ2) is 8.63. The van der Waals surface area contributed by atoms with Crippen LogP contribution >= 0.6 is 23.2 Å². The fraction of sp³-hybridized carbons (Fsp3) is 0.250. The van der Waals surface area contributed by atoms with Crippen molar-refractivity contribution in [3.05, 3.63) is 63.6 Å². The summed E-state index contributed by atoms with van der Waals surface area (Å²) in [5, 5.41) is 3.63. The first-order valence-electron chi connectivity index (χ1n) is 8.80. The fourth-order valence-electron chi connectivity index (χ4n) is 3.14. The number of carbonyl (C=O) groups excluding carboxylic acids is 3. The molecule has 0 unspecified atom stereocenters. The van der Waals surface area contributed by atoms with Crippen LogP contribution < -0.4 is 11.1 Å². The molecule has 1 aliphatic rings. The maximum Gasteiger partial charge on any atom is 0.255 e. The van der Waals surface area contributed by atoms with E-state index in [0.29, 0.717) is 52.8 Å². The van der Waals surface area contributed by atoms with Gasteiger partial charge >= 0.3 is 0 Å². The molecule has 6 nitrogen and oxygen atoms in total. The Morgan fingerprint density at radius 1 is 1.00 bits per heavy atom. The van der Waals surface area contributed by atoms with Crippen molar-refractivity contribution in [1.29, 1.82) is 0 Å². The van der Waals surface area contributed by atoms with Gasteiger partial charge in [-0.3, -0.25) is 14.4 Å². The Labute approximate surface area is 172 Å².